The smallest absolute Gasteiger partial charge is 0.182 e. The van der Waals surface area contributed by atoms with Gasteiger partial charge in [-0.15, -0.1) is 5.10 Å². The van der Waals surface area contributed by atoms with Gasteiger partial charge in [-0.25, -0.2) is 4.68 Å². The Morgan fingerprint density at radius 1 is 1.06 bits per heavy atom. The van der Waals surface area contributed by atoms with E-state index in [0.717, 1.165) is 37.2 Å². The van der Waals surface area contributed by atoms with Crippen LogP contribution in [0.2, 0.25) is 0 Å². The number of benzene rings is 1. The normalized spacial score (nSPS) is 10.6. The van der Waals surface area contributed by atoms with Crippen LogP contribution in [0.5, 0.6) is 0 Å². The summed E-state index contributed by atoms with van der Waals surface area (Å²) in [6.45, 7) is 1.04. The Balaban J connectivity index is 2.02. The molecular formula is C12H16N4O. The van der Waals surface area contributed by atoms with Crippen molar-refractivity contribution in [3.05, 3.63) is 30.3 Å². The molecule has 0 saturated heterocycles. The molecule has 2 rings (SSSR count). The topological polar surface area (TPSA) is 63.8 Å². The Labute approximate surface area is 100 Å². The first kappa shape index (κ1) is 11.7. The maximum Gasteiger partial charge on any atom is 0.182 e. The first-order chi connectivity index (χ1) is 8.42. The summed E-state index contributed by atoms with van der Waals surface area (Å²) in [5.74, 6) is 0.801. The molecule has 0 fully saturated rings. The maximum absolute atomic E-state index is 8.71. The van der Waals surface area contributed by atoms with Gasteiger partial charge < -0.3 is 5.11 Å². The summed E-state index contributed by atoms with van der Waals surface area (Å²) in [5, 5.41) is 20.4. The van der Waals surface area contributed by atoms with Crippen molar-refractivity contribution in [2.24, 2.45) is 0 Å². The van der Waals surface area contributed by atoms with E-state index in [-0.39, 0.29) is 6.61 Å². The lowest BCUT2D eigenvalue weighted by Gasteiger charge is -2.03. The molecule has 0 spiro atoms. The van der Waals surface area contributed by atoms with Crippen LogP contribution in [0.15, 0.2) is 30.3 Å². The lowest BCUT2D eigenvalue weighted by Crippen LogP contribution is -2.03. The zero-order valence-electron chi connectivity index (χ0n) is 9.66. The van der Waals surface area contributed by atoms with Crippen LogP contribution in [-0.4, -0.2) is 31.9 Å². The average molecular weight is 232 g/mol. The Hall–Kier alpha value is -1.75. The monoisotopic (exact) mass is 232 g/mol. The Bertz CT molecular complexity index is 441. The molecule has 1 aromatic heterocycles. The van der Waals surface area contributed by atoms with Crippen LogP contribution in [-0.2, 0) is 6.54 Å². The number of tetrazole rings is 1. The molecule has 0 radical (unpaired) electrons. The minimum absolute atomic E-state index is 0.251. The summed E-state index contributed by atoms with van der Waals surface area (Å²) < 4.78 is 1.81. The lowest BCUT2D eigenvalue weighted by atomic mass is 10.2. The second kappa shape index (κ2) is 6.10. The number of hydrogen-bond acceptors (Lipinski definition) is 4. The number of aromatic nitrogens is 4. The summed E-state index contributed by atoms with van der Waals surface area (Å²) >= 11 is 0. The number of aliphatic hydroxyl groups is 1. The number of hydrogen-bond donors (Lipinski definition) is 1. The van der Waals surface area contributed by atoms with Crippen molar-refractivity contribution >= 4 is 0 Å². The predicted octanol–water partition coefficient (Wildman–Crippen LogP) is 1.50. The third-order valence-electron chi connectivity index (χ3n) is 2.59. The van der Waals surface area contributed by atoms with Crippen molar-refractivity contribution in [1.29, 1.82) is 0 Å². The summed E-state index contributed by atoms with van der Waals surface area (Å²) in [4.78, 5) is 0. The largest absolute Gasteiger partial charge is 0.396 e. The van der Waals surface area contributed by atoms with Gasteiger partial charge in [-0.05, 0) is 29.7 Å². The highest BCUT2D eigenvalue weighted by atomic mass is 16.2. The number of unbranched alkanes of at least 4 members (excludes halogenated alkanes) is 2. The number of rotatable bonds is 6. The van der Waals surface area contributed by atoms with Gasteiger partial charge in [0.25, 0.3) is 0 Å². The van der Waals surface area contributed by atoms with E-state index in [1.165, 1.54) is 0 Å². The van der Waals surface area contributed by atoms with E-state index >= 15 is 0 Å². The fourth-order valence-electron chi connectivity index (χ4n) is 1.70. The third kappa shape index (κ3) is 3.10. The quantitative estimate of drug-likeness (QED) is 0.767. The van der Waals surface area contributed by atoms with Crippen LogP contribution in [0.3, 0.4) is 0 Å². The molecule has 0 aliphatic carbocycles. The molecule has 0 aliphatic rings. The fraction of sp³-hybridized carbons (Fsp3) is 0.417. The summed E-state index contributed by atoms with van der Waals surface area (Å²) in [6, 6.07) is 9.91. The Morgan fingerprint density at radius 3 is 2.65 bits per heavy atom. The molecule has 5 nitrogen and oxygen atoms in total. The highest BCUT2D eigenvalue weighted by Crippen LogP contribution is 2.15. The molecule has 1 heterocycles. The molecule has 0 amide bonds. The van der Waals surface area contributed by atoms with E-state index < -0.39 is 0 Å². The molecule has 0 unspecified atom stereocenters. The van der Waals surface area contributed by atoms with Crippen molar-refractivity contribution in [3.63, 3.8) is 0 Å². The van der Waals surface area contributed by atoms with Crippen molar-refractivity contribution in [3.8, 4) is 11.4 Å². The molecule has 0 atom stereocenters. The molecule has 1 N–H and O–H groups in total. The first-order valence-electron chi connectivity index (χ1n) is 5.84. The van der Waals surface area contributed by atoms with Crippen LogP contribution in [0.1, 0.15) is 19.3 Å². The second-order valence-electron chi connectivity index (χ2n) is 3.88. The second-order valence-corrected chi connectivity index (χ2v) is 3.88. The van der Waals surface area contributed by atoms with Gasteiger partial charge in [-0.2, -0.15) is 0 Å². The lowest BCUT2D eigenvalue weighted by molar-refractivity contribution is 0.281. The number of nitrogens with zero attached hydrogens (tertiary/aromatic N) is 4. The molecule has 2 aromatic rings. The minimum Gasteiger partial charge on any atom is -0.396 e. The van der Waals surface area contributed by atoms with Crippen LogP contribution in [0.4, 0.5) is 0 Å². The third-order valence-corrected chi connectivity index (χ3v) is 2.59. The SMILES string of the molecule is OCCCCCn1nnnc1-c1ccccc1. The highest BCUT2D eigenvalue weighted by molar-refractivity contribution is 5.53. The molecule has 90 valence electrons. The maximum atomic E-state index is 8.71. The van der Waals surface area contributed by atoms with Gasteiger partial charge in [0.2, 0.25) is 0 Å². The van der Waals surface area contributed by atoms with Gasteiger partial charge in [-0.3, -0.25) is 0 Å². The van der Waals surface area contributed by atoms with E-state index in [1.807, 2.05) is 35.0 Å². The van der Waals surface area contributed by atoms with Gasteiger partial charge in [0.05, 0.1) is 0 Å². The van der Waals surface area contributed by atoms with E-state index in [9.17, 15) is 0 Å². The van der Waals surface area contributed by atoms with Crippen LogP contribution in [0.25, 0.3) is 11.4 Å². The zero-order valence-corrected chi connectivity index (χ0v) is 9.66. The van der Waals surface area contributed by atoms with Gasteiger partial charge in [0, 0.05) is 18.7 Å². The van der Waals surface area contributed by atoms with Crippen molar-refractivity contribution in [2.75, 3.05) is 6.61 Å². The summed E-state index contributed by atoms with van der Waals surface area (Å²) in [7, 11) is 0. The molecule has 0 saturated carbocycles. The molecule has 17 heavy (non-hydrogen) atoms. The van der Waals surface area contributed by atoms with E-state index in [0.29, 0.717) is 0 Å². The Morgan fingerprint density at radius 2 is 1.88 bits per heavy atom. The average Bonchev–Trinajstić information content (AvgIpc) is 2.84. The zero-order chi connectivity index (χ0) is 11.9. The standard InChI is InChI=1S/C12H16N4O/c17-10-6-2-5-9-16-12(13-14-15-16)11-7-3-1-4-8-11/h1,3-4,7-8,17H,2,5-6,9-10H2. The van der Waals surface area contributed by atoms with Crippen molar-refractivity contribution in [1.82, 2.24) is 20.2 Å². The molecule has 5 heteroatoms. The van der Waals surface area contributed by atoms with E-state index in [2.05, 4.69) is 15.5 Å². The molecule has 0 aliphatic heterocycles. The van der Waals surface area contributed by atoms with E-state index in [1.54, 1.807) is 0 Å². The van der Waals surface area contributed by atoms with Crippen LogP contribution >= 0.6 is 0 Å². The molecule has 1 aromatic carbocycles. The summed E-state index contributed by atoms with van der Waals surface area (Å²) in [6.07, 6.45) is 2.80. The van der Waals surface area contributed by atoms with Gasteiger partial charge >= 0.3 is 0 Å². The predicted molar refractivity (Wildman–Crippen MR) is 64.2 cm³/mol. The fourth-order valence-corrected chi connectivity index (χ4v) is 1.70. The first-order valence-corrected chi connectivity index (χ1v) is 5.84. The van der Waals surface area contributed by atoms with Crippen LogP contribution < -0.4 is 0 Å². The van der Waals surface area contributed by atoms with Crippen molar-refractivity contribution in [2.45, 2.75) is 25.8 Å². The van der Waals surface area contributed by atoms with E-state index in [4.69, 9.17) is 5.11 Å². The van der Waals surface area contributed by atoms with Gasteiger partial charge in [0.15, 0.2) is 5.82 Å². The van der Waals surface area contributed by atoms with Crippen molar-refractivity contribution < 1.29 is 5.11 Å². The number of aliphatic hydroxyl groups excluding tert-OH is 1. The number of aryl methyl sites for hydroxylation is 1. The van der Waals surface area contributed by atoms with Gasteiger partial charge in [0.1, 0.15) is 0 Å². The van der Waals surface area contributed by atoms with Crippen LogP contribution in [0, 0.1) is 0 Å². The minimum atomic E-state index is 0.251. The molecule has 0 bridgehead atoms. The highest BCUT2D eigenvalue weighted by Gasteiger charge is 2.07. The molecular weight excluding hydrogens is 216 g/mol. The Kier molecular flexibility index (Phi) is 4.21. The summed E-state index contributed by atoms with van der Waals surface area (Å²) in [5.41, 5.74) is 1.03. The van der Waals surface area contributed by atoms with Gasteiger partial charge in [-0.1, -0.05) is 30.3 Å².